The van der Waals surface area contributed by atoms with Crippen molar-refractivity contribution in [2.24, 2.45) is 0 Å². The van der Waals surface area contributed by atoms with E-state index in [2.05, 4.69) is 17.2 Å². The van der Waals surface area contributed by atoms with E-state index in [9.17, 15) is 9.18 Å². The first kappa shape index (κ1) is 15.5. The molecule has 0 fully saturated rings. The molecule has 0 unspecified atom stereocenters. The number of nitrogens with zero attached hydrogens (tertiary/aromatic N) is 2. The summed E-state index contributed by atoms with van der Waals surface area (Å²) in [4.78, 5) is 16.3. The van der Waals surface area contributed by atoms with Crippen LogP contribution in [-0.2, 0) is 13.1 Å². The highest BCUT2D eigenvalue weighted by Gasteiger charge is 2.17. The van der Waals surface area contributed by atoms with Crippen LogP contribution < -0.4 is 5.32 Å². The summed E-state index contributed by atoms with van der Waals surface area (Å²) >= 11 is 6.01. The summed E-state index contributed by atoms with van der Waals surface area (Å²) in [5, 5.41) is 2.81. The van der Waals surface area contributed by atoms with Crippen LogP contribution in [0.15, 0.2) is 24.5 Å². The van der Waals surface area contributed by atoms with E-state index in [1.807, 2.05) is 10.8 Å². The van der Waals surface area contributed by atoms with Gasteiger partial charge in [0.05, 0.1) is 17.1 Å². The largest absolute Gasteiger partial charge is 0.345 e. The van der Waals surface area contributed by atoms with Crippen molar-refractivity contribution in [2.45, 2.75) is 33.4 Å². The average molecular weight is 310 g/mol. The topological polar surface area (TPSA) is 46.9 Å². The average Bonchev–Trinajstić information content (AvgIpc) is 2.89. The molecule has 1 aromatic heterocycles. The Morgan fingerprint density at radius 2 is 2.24 bits per heavy atom. The van der Waals surface area contributed by atoms with Crippen LogP contribution in [0.5, 0.6) is 0 Å². The number of hydrogen-bond acceptors (Lipinski definition) is 2. The molecule has 4 nitrogen and oxygen atoms in total. The van der Waals surface area contributed by atoms with Crippen molar-refractivity contribution in [3.63, 3.8) is 0 Å². The smallest absolute Gasteiger partial charge is 0.256 e. The molecular formula is C15H17ClFN3O. The highest BCUT2D eigenvalue weighted by Crippen LogP contribution is 2.23. The maximum atomic E-state index is 13.8. The molecule has 0 aliphatic carbocycles. The lowest BCUT2D eigenvalue weighted by Gasteiger charge is -2.10. The number of nitrogens with one attached hydrogen (secondary N) is 1. The van der Waals surface area contributed by atoms with Gasteiger partial charge in [0.2, 0.25) is 0 Å². The van der Waals surface area contributed by atoms with Crippen molar-refractivity contribution >= 4 is 17.5 Å². The van der Waals surface area contributed by atoms with E-state index in [1.165, 1.54) is 6.07 Å². The second-order valence-corrected chi connectivity index (χ2v) is 5.15. The zero-order valence-electron chi connectivity index (χ0n) is 12.0. The normalized spacial score (nSPS) is 10.7. The highest BCUT2D eigenvalue weighted by atomic mass is 35.5. The van der Waals surface area contributed by atoms with E-state index < -0.39 is 11.7 Å². The molecule has 1 amide bonds. The van der Waals surface area contributed by atoms with Gasteiger partial charge in [-0.15, -0.1) is 0 Å². The van der Waals surface area contributed by atoms with Gasteiger partial charge >= 0.3 is 0 Å². The van der Waals surface area contributed by atoms with Crippen molar-refractivity contribution in [2.75, 3.05) is 0 Å². The third kappa shape index (κ3) is 3.42. The predicted octanol–water partition coefficient (Wildman–Crippen LogP) is 3.32. The van der Waals surface area contributed by atoms with Crippen molar-refractivity contribution < 1.29 is 9.18 Å². The van der Waals surface area contributed by atoms with Crippen molar-refractivity contribution in [3.05, 3.63) is 52.3 Å². The second-order valence-electron chi connectivity index (χ2n) is 4.77. The van der Waals surface area contributed by atoms with E-state index in [1.54, 1.807) is 19.2 Å². The minimum absolute atomic E-state index is 0.120. The number of benzene rings is 1. The lowest BCUT2D eigenvalue weighted by atomic mass is 10.1. The number of halogens is 2. The summed E-state index contributed by atoms with van der Waals surface area (Å²) in [5.41, 5.74) is 0.543. The van der Waals surface area contributed by atoms with Crippen LogP contribution in [0.25, 0.3) is 0 Å². The number of aryl methyl sites for hydroxylation is 2. The molecule has 112 valence electrons. The molecule has 21 heavy (non-hydrogen) atoms. The number of carbonyl (C=O) groups excluding carboxylic acids is 1. The first-order valence-corrected chi connectivity index (χ1v) is 7.15. The van der Waals surface area contributed by atoms with Gasteiger partial charge in [-0.1, -0.05) is 24.6 Å². The van der Waals surface area contributed by atoms with Crippen molar-refractivity contribution in [3.8, 4) is 0 Å². The van der Waals surface area contributed by atoms with Gasteiger partial charge in [-0.3, -0.25) is 4.79 Å². The molecule has 0 bridgehead atoms. The third-order valence-corrected chi connectivity index (χ3v) is 3.67. The quantitative estimate of drug-likeness (QED) is 0.921. The van der Waals surface area contributed by atoms with Gasteiger partial charge < -0.3 is 9.88 Å². The van der Waals surface area contributed by atoms with E-state index in [0.29, 0.717) is 5.56 Å². The van der Waals surface area contributed by atoms with Crippen molar-refractivity contribution in [1.29, 1.82) is 0 Å². The number of rotatable bonds is 5. The van der Waals surface area contributed by atoms with Crippen LogP contribution in [0.1, 0.15) is 35.1 Å². The zero-order chi connectivity index (χ0) is 15.4. The third-order valence-electron chi connectivity index (χ3n) is 3.18. The molecule has 0 saturated heterocycles. The Bertz CT molecular complexity index is 654. The maximum Gasteiger partial charge on any atom is 0.256 e. The summed E-state index contributed by atoms with van der Waals surface area (Å²) in [6, 6.07) is 2.79. The predicted molar refractivity (Wildman–Crippen MR) is 79.8 cm³/mol. The van der Waals surface area contributed by atoms with Crippen LogP contribution in [0.4, 0.5) is 4.39 Å². The summed E-state index contributed by atoms with van der Waals surface area (Å²) in [6.07, 6.45) is 4.50. The number of carbonyl (C=O) groups is 1. The van der Waals surface area contributed by atoms with Crippen molar-refractivity contribution in [1.82, 2.24) is 14.9 Å². The number of amides is 1. The summed E-state index contributed by atoms with van der Waals surface area (Å²) in [5.74, 6) is -0.429. The lowest BCUT2D eigenvalue weighted by molar-refractivity contribution is 0.0945. The Morgan fingerprint density at radius 3 is 2.95 bits per heavy atom. The monoisotopic (exact) mass is 309 g/mol. The van der Waals surface area contributed by atoms with E-state index in [-0.39, 0.29) is 17.1 Å². The zero-order valence-corrected chi connectivity index (χ0v) is 12.7. The number of imidazole rings is 1. The first-order chi connectivity index (χ1) is 10.0. The molecule has 2 aromatic rings. The van der Waals surface area contributed by atoms with Gasteiger partial charge in [-0.05, 0) is 25.0 Å². The van der Waals surface area contributed by atoms with Gasteiger partial charge in [0.1, 0.15) is 11.6 Å². The van der Waals surface area contributed by atoms with E-state index in [4.69, 9.17) is 11.6 Å². The van der Waals surface area contributed by atoms with Gasteiger partial charge in [0.15, 0.2) is 0 Å². The molecule has 0 radical (unpaired) electrons. The standard InChI is InChI=1S/C15H17ClFN3O/c1-3-7-20-8-6-18-12(20)9-19-15(21)13-11(17)5-4-10(2)14(13)16/h4-6,8H,3,7,9H2,1-2H3,(H,19,21). The highest BCUT2D eigenvalue weighted by molar-refractivity contribution is 6.34. The van der Waals surface area contributed by atoms with E-state index >= 15 is 0 Å². The summed E-state index contributed by atoms with van der Waals surface area (Å²) < 4.78 is 15.7. The minimum Gasteiger partial charge on any atom is -0.345 e. The molecular weight excluding hydrogens is 293 g/mol. The molecule has 0 saturated carbocycles. The molecule has 2 rings (SSSR count). The molecule has 1 N–H and O–H groups in total. The molecule has 6 heteroatoms. The Hall–Kier alpha value is -1.88. The Morgan fingerprint density at radius 1 is 1.48 bits per heavy atom. The summed E-state index contributed by atoms with van der Waals surface area (Å²) in [6.45, 7) is 4.84. The van der Waals surface area contributed by atoms with Crippen LogP contribution >= 0.6 is 11.6 Å². The molecule has 1 heterocycles. The molecule has 1 aromatic carbocycles. The SMILES string of the molecule is CCCn1ccnc1CNC(=O)c1c(F)ccc(C)c1Cl. The molecule has 0 aliphatic rings. The van der Waals surface area contributed by atoms with Gasteiger partial charge in [0.25, 0.3) is 5.91 Å². The molecule has 0 atom stereocenters. The Balaban J connectivity index is 2.12. The number of hydrogen-bond donors (Lipinski definition) is 1. The van der Waals surface area contributed by atoms with Crippen LogP contribution in [0, 0.1) is 12.7 Å². The molecule has 0 aliphatic heterocycles. The lowest BCUT2D eigenvalue weighted by Crippen LogP contribution is -2.26. The minimum atomic E-state index is -0.625. The summed E-state index contributed by atoms with van der Waals surface area (Å²) in [7, 11) is 0. The van der Waals surface area contributed by atoms with E-state index in [0.717, 1.165) is 18.8 Å². The van der Waals surface area contributed by atoms with Crippen LogP contribution in [-0.4, -0.2) is 15.5 Å². The maximum absolute atomic E-state index is 13.8. The fourth-order valence-corrected chi connectivity index (χ4v) is 2.30. The second kappa shape index (κ2) is 6.72. The Kier molecular flexibility index (Phi) is 4.96. The fraction of sp³-hybridized carbons (Fsp3) is 0.333. The van der Waals surface area contributed by atoms with Crippen LogP contribution in [0.2, 0.25) is 5.02 Å². The first-order valence-electron chi connectivity index (χ1n) is 6.77. The fourth-order valence-electron chi connectivity index (χ4n) is 2.06. The number of aromatic nitrogens is 2. The van der Waals surface area contributed by atoms with Crippen LogP contribution in [0.3, 0.4) is 0 Å². The van der Waals surface area contributed by atoms with Gasteiger partial charge in [0, 0.05) is 18.9 Å². The van der Waals surface area contributed by atoms with Gasteiger partial charge in [-0.2, -0.15) is 0 Å². The molecule has 0 spiro atoms. The Labute approximate surface area is 127 Å². The van der Waals surface area contributed by atoms with Gasteiger partial charge in [-0.25, -0.2) is 9.37 Å².